The van der Waals surface area contributed by atoms with Crippen LogP contribution in [-0.2, 0) is 16.0 Å². The monoisotopic (exact) mass is 657 g/mol. The molecule has 244 valence electrons. The van der Waals surface area contributed by atoms with Crippen LogP contribution in [0.25, 0.3) is 10.6 Å². The summed E-state index contributed by atoms with van der Waals surface area (Å²) in [5.74, 6) is -3.27. The van der Waals surface area contributed by atoms with Gasteiger partial charge in [-0.2, -0.15) is 0 Å². The highest BCUT2D eigenvalue weighted by molar-refractivity contribution is 7.14. The average molecular weight is 658 g/mol. The molecule has 0 atom stereocenters. The van der Waals surface area contributed by atoms with Crippen molar-refractivity contribution in [3.05, 3.63) is 74.4 Å². The lowest BCUT2D eigenvalue weighted by Gasteiger charge is -2.55. The van der Waals surface area contributed by atoms with Crippen molar-refractivity contribution in [3.8, 4) is 16.3 Å². The molecule has 16 heteroatoms. The van der Waals surface area contributed by atoms with E-state index in [1.54, 1.807) is 19.1 Å². The largest absolute Gasteiger partial charge is 0.510 e. The number of halogens is 2. The van der Waals surface area contributed by atoms with E-state index >= 15 is 0 Å². The number of amides is 2. The van der Waals surface area contributed by atoms with Gasteiger partial charge in [0.2, 0.25) is 17.2 Å². The number of fused-ring (bicyclic) bond motifs is 1. The summed E-state index contributed by atoms with van der Waals surface area (Å²) in [7, 11) is 6.25. The van der Waals surface area contributed by atoms with E-state index in [1.807, 2.05) is 0 Å². The van der Waals surface area contributed by atoms with Gasteiger partial charge in [-0.15, -0.1) is 10.2 Å². The van der Waals surface area contributed by atoms with Crippen molar-refractivity contribution in [2.75, 3.05) is 39.8 Å². The molecule has 0 bridgehead atoms. The molecule has 1 aromatic carbocycles. The van der Waals surface area contributed by atoms with Crippen LogP contribution in [0, 0.1) is 17.6 Å². The van der Waals surface area contributed by atoms with Gasteiger partial charge < -0.3 is 25.2 Å². The van der Waals surface area contributed by atoms with E-state index in [1.165, 1.54) is 42.1 Å². The maximum absolute atomic E-state index is 14.2. The summed E-state index contributed by atoms with van der Waals surface area (Å²) in [5.41, 5.74) is -1.70. The molecule has 2 aliphatic rings. The highest BCUT2D eigenvalue weighted by Crippen LogP contribution is 2.42. The minimum Gasteiger partial charge on any atom is -0.510 e. The third kappa shape index (κ3) is 5.91. The van der Waals surface area contributed by atoms with Crippen molar-refractivity contribution >= 4 is 29.0 Å². The van der Waals surface area contributed by atoms with Crippen LogP contribution in [0.15, 0.2) is 46.0 Å². The quantitative estimate of drug-likeness (QED) is 0.197. The summed E-state index contributed by atoms with van der Waals surface area (Å²) < 4.78 is 34.0. The number of methoxy groups -OCH3 is 1. The molecule has 1 saturated carbocycles. The molecule has 5 rings (SSSR count). The number of hydrogen-bond acceptors (Lipinski definition) is 11. The maximum Gasteiger partial charge on any atom is 0.278 e. The number of aliphatic hydroxyl groups excluding tert-OH is 1. The number of hydrogen-bond donors (Lipinski definition) is 3. The molecule has 2 amide bonds. The van der Waals surface area contributed by atoms with Crippen LogP contribution in [0.4, 0.5) is 8.78 Å². The Kier molecular flexibility index (Phi) is 9.10. The third-order valence-electron chi connectivity index (χ3n) is 8.60. The number of carbonyl (C=O) groups excluding carboxylic acids is 2. The van der Waals surface area contributed by atoms with Crippen molar-refractivity contribution < 1.29 is 33.3 Å². The predicted molar refractivity (Wildman–Crippen MR) is 165 cm³/mol. The summed E-state index contributed by atoms with van der Waals surface area (Å²) in [5, 5.41) is 34.2. The molecular formula is C30H33F2N7O6S. The fourth-order valence-corrected chi connectivity index (χ4v) is 6.81. The Morgan fingerprint density at radius 3 is 2.61 bits per heavy atom. The number of aromatic hydroxyl groups is 1. The highest BCUT2D eigenvalue weighted by Gasteiger charge is 2.50. The maximum atomic E-state index is 14.2. The predicted octanol–water partition coefficient (Wildman–Crippen LogP) is 2.71. The van der Waals surface area contributed by atoms with Gasteiger partial charge in [0.05, 0.1) is 19.2 Å². The molecule has 0 saturated heterocycles. The number of nitrogens with one attached hydrogen (secondary N) is 1. The van der Waals surface area contributed by atoms with Crippen molar-refractivity contribution in [1.29, 1.82) is 0 Å². The van der Waals surface area contributed by atoms with Gasteiger partial charge in [-0.3, -0.25) is 29.1 Å². The van der Waals surface area contributed by atoms with Crippen LogP contribution in [0.5, 0.6) is 5.75 Å². The summed E-state index contributed by atoms with van der Waals surface area (Å²) in [6.45, 7) is -0.101. The minimum absolute atomic E-state index is 0.00499. The first kappa shape index (κ1) is 32.5. The zero-order chi connectivity index (χ0) is 33.3. The standard InChI is InChI=1S/C30H33F2N7O6S/c1-33-22(45-4)13-19(40)14-34-27(43)16-7-9-30(10-8-16)37(2)29(44)24-26(42)25(41)20(15-39(24)38(30)3)28-36-35-23(46-28)11-17-5-6-18(31)12-21(17)32/h5-6,12-13,15-16,40,42H,7-11,14H2,1-4H3,(H,34,43)/b19-13-,33-22+. The number of nitrogens with zero attached hydrogens (tertiary/aromatic N) is 6. The van der Waals surface area contributed by atoms with Crippen LogP contribution < -0.4 is 15.8 Å². The zero-order valence-corrected chi connectivity index (χ0v) is 26.4. The SMILES string of the molecule is C/N=C(\C=C(/O)CNC(=O)C1CCC2(CC1)N(C)C(=O)c1c(O)c(=O)c(-c3nnc(Cc4ccc(F)cc4F)s3)cn1N2C)OC. The molecule has 0 radical (unpaired) electrons. The summed E-state index contributed by atoms with van der Waals surface area (Å²) in [4.78, 5) is 45.1. The third-order valence-corrected chi connectivity index (χ3v) is 9.55. The van der Waals surface area contributed by atoms with E-state index in [2.05, 4.69) is 20.5 Å². The topological polar surface area (TPSA) is 162 Å². The number of pyridine rings is 1. The Hall–Kier alpha value is -4.86. The Morgan fingerprint density at radius 1 is 1.24 bits per heavy atom. The fraction of sp³-hybridized carbons (Fsp3) is 0.400. The lowest BCUT2D eigenvalue weighted by atomic mass is 9.79. The van der Waals surface area contributed by atoms with Crippen LogP contribution in [0.3, 0.4) is 0 Å². The van der Waals surface area contributed by atoms with Crippen LogP contribution >= 0.6 is 11.3 Å². The van der Waals surface area contributed by atoms with E-state index in [4.69, 9.17) is 4.74 Å². The summed E-state index contributed by atoms with van der Waals surface area (Å²) >= 11 is 1.01. The molecule has 13 nitrogen and oxygen atoms in total. The zero-order valence-electron chi connectivity index (χ0n) is 25.6. The highest BCUT2D eigenvalue weighted by atomic mass is 32.1. The first-order valence-electron chi connectivity index (χ1n) is 14.4. The van der Waals surface area contributed by atoms with Gasteiger partial charge in [0.25, 0.3) is 5.91 Å². The lowest BCUT2D eigenvalue weighted by molar-refractivity contribution is -0.126. The van der Waals surface area contributed by atoms with E-state index in [9.17, 15) is 33.4 Å². The minimum atomic E-state index is -0.876. The van der Waals surface area contributed by atoms with Gasteiger partial charge in [-0.25, -0.2) is 8.78 Å². The molecule has 1 fully saturated rings. The van der Waals surface area contributed by atoms with Gasteiger partial charge in [-0.1, -0.05) is 17.4 Å². The second-order valence-electron chi connectivity index (χ2n) is 11.1. The molecule has 2 aromatic heterocycles. The normalized spacial score (nSPS) is 20.2. The Balaban J connectivity index is 1.36. The molecule has 3 heterocycles. The average Bonchev–Trinajstić information content (AvgIpc) is 3.51. The molecule has 3 aromatic rings. The van der Waals surface area contributed by atoms with Gasteiger partial charge in [0.15, 0.2) is 16.5 Å². The van der Waals surface area contributed by atoms with Gasteiger partial charge in [0.1, 0.15) is 28.1 Å². The number of aromatic nitrogens is 3. The second-order valence-corrected chi connectivity index (χ2v) is 12.2. The smallest absolute Gasteiger partial charge is 0.278 e. The van der Waals surface area contributed by atoms with Crippen molar-refractivity contribution in [2.45, 2.75) is 37.8 Å². The number of rotatable bonds is 7. The van der Waals surface area contributed by atoms with Crippen LogP contribution in [0.1, 0.15) is 46.7 Å². The summed E-state index contributed by atoms with van der Waals surface area (Å²) in [6, 6.07) is 3.22. The fourth-order valence-electron chi connectivity index (χ4n) is 5.94. The number of carbonyl (C=O) groups is 2. The van der Waals surface area contributed by atoms with Crippen molar-refractivity contribution in [1.82, 2.24) is 25.1 Å². The Bertz CT molecular complexity index is 1800. The van der Waals surface area contributed by atoms with Crippen molar-refractivity contribution in [2.24, 2.45) is 10.9 Å². The van der Waals surface area contributed by atoms with E-state index in [0.717, 1.165) is 23.5 Å². The lowest BCUT2D eigenvalue weighted by Crippen LogP contribution is -2.69. The molecule has 3 N–H and O–H groups in total. The van der Waals surface area contributed by atoms with Crippen LogP contribution in [0.2, 0.25) is 0 Å². The van der Waals surface area contributed by atoms with Gasteiger partial charge >= 0.3 is 0 Å². The number of ether oxygens (including phenoxy) is 1. The molecule has 0 unspecified atom stereocenters. The van der Waals surface area contributed by atoms with Crippen LogP contribution in [-0.4, -0.2) is 88.2 Å². The van der Waals surface area contributed by atoms with E-state index < -0.39 is 34.4 Å². The molecule has 46 heavy (non-hydrogen) atoms. The molecule has 1 aliphatic carbocycles. The van der Waals surface area contributed by atoms with Crippen molar-refractivity contribution in [3.63, 3.8) is 0 Å². The number of aliphatic hydroxyl groups is 1. The van der Waals surface area contributed by atoms with Gasteiger partial charge in [-0.05, 0) is 37.3 Å². The Labute approximate surface area is 266 Å². The second kappa shape index (κ2) is 12.9. The van der Waals surface area contributed by atoms with Gasteiger partial charge in [0, 0.05) is 51.8 Å². The molecule has 1 spiro atoms. The first-order chi connectivity index (χ1) is 21.9. The Morgan fingerprint density at radius 2 is 1.96 bits per heavy atom. The number of benzene rings is 1. The summed E-state index contributed by atoms with van der Waals surface area (Å²) in [6.07, 6.45) is 4.39. The molecule has 1 aliphatic heterocycles. The first-order valence-corrected chi connectivity index (χ1v) is 15.2. The number of aliphatic imine (C=N–C) groups is 1. The molecular weight excluding hydrogens is 624 g/mol. The van der Waals surface area contributed by atoms with E-state index in [-0.39, 0.29) is 58.3 Å². The van der Waals surface area contributed by atoms with E-state index in [0.29, 0.717) is 30.7 Å².